The third kappa shape index (κ3) is 5.20. The van der Waals surface area contributed by atoms with Crippen LogP contribution in [0.1, 0.15) is 30.1 Å². The summed E-state index contributed by atoms with van der Waals surface area (Å²) in [5.41, 5.74) is 0.478. The molecule has 4 rings (SSSR count). The van der Waals surface area contributed by atoms with Gasteiger partial charge in [0.15, 0.2) is 12.1 Å². The van der Waals surface area contributed by atoms with Gasteiger partial charge >= 0.3 is 0 Å². The van der Waals surface area contributed by atoms with E-state index in [0.717, 1.165) is 25.9 Å². The van der Waals surface area contributed by atoms with Crippen molar-refractivity contribution >= 4 is 21.7 Å². The Balaban J connectivity index is 1.25. The smallest absolute Gasteiger partial charge is 0.243 e. The van der Waals surface area contributed by atoms with E-state index < -0.39 is 10.0 Å². The predicted molar refractivity (Wildman–Crippen MR) is 117 cm³/mol. The summed E-state index contributed by atoms with van der Waals surface area (Å²) in [4.78, 5) is 28.3. The van der Waals surface area contributed by atoms with Crippen LogP contribution in [0.2, 0.25) is 0 Å². The third-order valence-electron chi connectivity index (χ3n) is 6.51. The minimum atomic E-state index is -3.65. The Kier molecular flexibility index (Phi) is 7.26. The van der Waals surface area contributed by atoms with E-state index in [4.69, 9.17) is 9.47 Å². The highest BCUT2D eigenvalue weighted by Gasteiger charge is 2.33. The van der Waals surface area contributed by atoms with Crippen LogP contribution in [-0.2, 0) is 24.3 Å². The van der Waals surface area contributed by atoms with E-state index in [1.165, 1.54) is 35.5 Å². The number of rotatable bonds is 6. The van der Waals surface area contributed by atoms with Crippen LogP contribution in [0.25, 0.3) is 0 Å². The Morgan fingerprint density at radius 3 is 2.09 bits per heavy atom. The number of amides is 1. The fourth-order valence-corrected chi connectivity index (χ4v) is 5.93. The van der Waals surface area contributed by atoms with E-state index in [1.54, 1.807) is 4.90 Å². The average Bonchev–Trinajstić information content (AvgIpc) is 3.35. The molecule has 10 heteroatoms. The number of carbonyl (C=O) groups excluding carboxylic acids is 2. The summed E-state index contributed by atoms with van der Waals surface area (Å²) in [5.74, 6) is 0.326. The molecule has 1 aromatic carbocycles. The lowest BCUT2D eigenvalue weighted by Crippen LogP contribution is -2.53. The Hall–Kier alpha value is -1.85. The van der Waals surface area contributed by atoms with Crippen molar-refractivity contribution in [3.63, 3.8) is 0 Å². The first-order valence-electron chi connectivity index (χ1n) is 11.2. The van der Waals surface area contributed by atoms with Crippen LogP contribution in [0.5, 0.6) is 0 Å². The van der Waals surface area contributed by atoms with Crippen LogP contribution < -0.4 is 0 Å². The lowest BCUT2D eigenvalue weighted by Gasteiger charge is -2.37. The molecule has 176 valence electrons. The zero-order valence-corrected chi connectivity index (χ0v) is 19.3. The molecule has 32 heavy (non-hydrogen) atoms. The Bertz CT molecular complexity index is 913. The van der Waals surface area contributed by atoms with Gasteiger partial charge in [-0.05, 0) is 45.0 Å². The molecule has 0 aliphatic carbocycles. The fraction of sp³-hybridized carbons (Fsp3) is 0.636. The SMILES string of the molecule is CC(=O)c1ccc(S(=O)(=O)N2CCN(C(=O)CN3CCC(C4OCCO4)CC3)CC2)cc1. The molecule has 0 N–H and O–H groups in total. The molecular formula is C22H31N3O6S. The molecule has 3 aliphatic rings. The second-order valence-corrected chi connectivity index (χ2v) is 10.5. The third-order valence-corrected chi connectivity index (χ3v) is 8.43. The van der Waals surface area contributed by atoms with Crippen LogP contribution in [0.15, 0.2) is 29.2 Å². The van der Waals surface area contributed by atoms with Crippen molar-refractivity contribution in [3.05, 3.63) is 29.8 Å². The predicted octanol–water partition coefficient (Wildman–Crippen LogP) is 0.807. The molecule has 0 atom stereocenters. The Labute approximate surface area is 189 Å². The maximum Gasteiger partial charge on any atom is 0.243 e. The Morgan fingerprint density at radius 2 is 1.53 bits per heavy atom. The molecule has 0 radical (unpaired) electrons. The summed E-state index contributed by atoms with van der Waals surface area (Å²) < 4.78 is 38.4. The molecule has 3 saturated heterocycles. The van der Waals surface area contributed by atoms with Crippen LogP contribution in [0.4, 0.5) is 0 Å². The van der Waals surface area contributed by atoms with E-state index in [-0.39, 0.29) is 36.0 Å². The monoisotopic (exact) mass is 465 g/mol. The highest BCUT2D eigenvalue weighted by atomic mass is 32.2. The fourth-order valence-electron chi connectivity index (χ4n) is 4.51. The number of nitrogens with zero attached hydrogens (tertiary/aromatic N) is 3. The lowest BCUT2D eigenvalue weighted by atomic mass is 9.96. The number of ketones is 1. The van der Waals surface area contributed by atoms with Gasteiger partial charge in [-0.2, -0.15) is 4.31 Å². The first-order valence-corrected chi connectivity index (χ1v) is 12.6. The number of benzene rings is 1. The summed E-state index contributed by atoms with van der Waals surface area (Å²) in [6, 6.07) is 6.00. The van der Waals surface area contributed by atoms with Crippen molar-refractivity contribution in [1.29, 1.82) is 0 Å². The van der Waals surface area contributed by atoms with Crippen LogP contribution in [0, 0.1) is 5.92 Å². The highest BCUT2D eigenvalue weighted by Crippen LogP contribution is 2.26. The zero-order valence-electron chi connectivity index (χ0n) is 18.4. The molecule has 3 aliphatic heterocycles. The van der Waals surface area contributed by atoms with Gasteiger partial charge in [0.25, 0.3) is 0 Å². The summed E-state index contributed by atoms with van der Waals surface area (Å²) in [7, 11) is -3.65. The van der Waals surface area contributed by atoms with E-state index in [1.807, 2.05) is 0 Å². The number of Topliss-reactive ketones (excluding diaryl/α,β-unsaturated/α-hetero) is 1. The van der Waals surface area contributed by atoms with Crippen LogP contribution in [0.3, 0.4) is 0 Å². The molecule has 0 aromatic heterocycles. The van der Waals surface area contributed by atoms with Gasteiger partial charge in [-0.15, -0.1) is 0 Å². The second-order valence-electron chi connectivity index (χ2n) is 8.59. The van der Waals surface area contributed by atoms with Gasteiger partial charge in [0.05, 0.1) is 24.7 Å². The number of hydrogen-bond donors (Lipinski definition) is 0. The Morgan fingerprint density at radius 1 is 0.938 bits per heavy atom. The lowest BCUT2D eigenvalue weighted by molar-refractivity contribution is -0.135. The van der Waals surface area contributed by atoms with Gasteiger partial charge in [-0.25, -0.2) is 8.42 Å². The van der Waals surface area contributed by atoms with Crippen molar-refractivity contribution in [2.45, 2.75) is 31.0 Å². The topological polar surface area (TPSA) is 96.5 Å². The number of likely N-dealkylation sites (tertiary alicyclic amines) is 1. The van der Waals surface area contributed by atoms with Gasteiger partial charge in [0, 0.05) is 37.7 Å². The average molecular weight is 466 g/mol. The van der Waals surface area contributed by atoms with Gasteiger partial charge < -0.3 is 14.4 Å². The molecular weight excluding hydrogens is 434 g/mol. The summed E-state index contributed by atoms with van der Waals surface area (Å²) in [6.45, 7) is 6.09. The van der Waals surface area contributed by atoms with Crippen molar-refractivity contribution < 1.29 is 27.5 Å². The van der Waals surface area contributed by atoms with Crippen molar-refractivity contribution in [2.75, 3.05) is 59.0 Å². The minimum absolute atomic E-state index is 0.0414. The molecule has 3 heterocycles. The van der Waals surface area contributed by atoms with Crippen molar-refractivity contribution in [2.24, 2.45) is 5.92 Å². The standard InChI is InChI=1S/C22H31N3O6S/c1-17(26)18-2-4-20(5-3-18)32(28,29)25-12-10-24(11-13-25)21(27)16-23-8-6-19(7-9-23)22-30-14-15-31-22/h2-5,19,22H,6-16H2,1H3. The van der Waals surface area contributed by atoms with E-state index >= 15 is 0 Å². The normalized spacial score (nSPS) is 22.3. The minimum Gasteiger partial charge on any atom is -0.350 e. The van der Waals surface area contributed by atoms with E-state index in [9.17, 15) is 18.0 Å². The molecule has 0 saturated carbocycles. The van der Waals surface area contributed by atoms with Gasteiger partial charge in [-0.1, -0.05) is 12.1 Å². The van der Waals surface area contributed by atoms with E-state index in [2.05, 4.69) is 4.90 Å². The molecule has 3 fully saturated rings. The molecule has 0 bridgehead atoms. The van der Waals surface area contributed by atoms with Crippen LogP contribution in [-0.4, -0.2) is 99.5 Å². The maximum absolute atomic E-state index is 12.9. The summed E-state index contributed by atoms with van der Waals surface area (Å²) >= 11 is 0. The molecule has 9 nitrogen and oxygen atoms in total. The number of sulfonamides is 1. The van der Waals surface area contributed by atoms with Gasteiger partial charge in [-0.3, -0.25) is 14.5 Å². The second kappa shape index (κ2) is 9.96. The number of piperidine rings is 1. The zero-order chi connectivity index (χ0) is 22.7. The molecule has 1 aromatic rings. The number of ether oxygens (including phenoxy) is 2. The van der Waals surface area contributed by atoms with Gasteiger partial charge in [0.2, 0.25) is 15.9 Å². The number of carbonyl (C=O) groups is 2. The van der Waals surface area contributed by atoms with Crippen molar-refractivity contribution in [1.82, 2.24) is 14.1 Å². The molecule has 1 amide bonds. The number of hydrogen-bond acceptors (Lipinski definition) is 7. The van der Waals surface area contributed by atoms with E-state index in [0.29, 0.717) is 44.3 Å². The molecule has 0 spiro atoms. The van der Waals surface area contributed by atoms with Gasteiger partial charge in [0.1, 0.15) is 0 Å². The quantitative estimate of drug-likeness (QED) is 0.574. The first-order chi connectivity index (χ1) is 15.3. The van der Waals surface area contributed by atoms with Crippen molar-refractivity contribution in [3.8, 4) is 0 Å². The van der Waals surface area contributed by atoms with Crippen LogP contribution >= 0.6 is 0 Å². The summed E-state index contributed by atoms with van der Waals surface area (Å²) in [6.07, 6.45) is 1.81. The molecule has 0 unspecified atom stereocenters. The highest BCUT2D eigenvalue weighted by molar-refractivity contribution is 7.89. The largest absolute Gasteiger partial charge is 0.350 e. The maximum atomic E-state index is 12.9. The first kappa shape index (κ1) is 23.3. The number of piperazine rings is 1. The summed E-state index contributed by atoms with van der Waals surface area (Å²) in [5, 5.41) is 0.